The molecule has 0 atom stereocenters. The van der Waals surface area contributed by atoms with Crippen LogP contribution in [0.3, 0.4) is 0 Å². The van der Waals surface area contributed by atoms with Gasteiger partial charge in [-0.2, -0.15) is 0 Å². The fraction of sp³-hybridized carbons (Fsp3) is 0.308. The molecule has 0 saturated carbocycles. The Kier molecular flexibility index (Phi) is 3.02. The summed E-state index contributed by atoms with van der Waals surface area (Å²) in [5.41, 5.74) is 0.294. The van der Waals surface area contributed by atoms with E-state index in [9.17, 15) is 9.50 Å². The van der Waals surface area contributed by atoms with E-state index >= 15 is 0 Å². The van der Waals surface area contributed by atoms with E-state index in [0.29, 0.717) is 10.6 Å². The highest BCUT2D eigenvalue weighted by Gasteiger charge is 2.23. The number of rotatable bonds is 2. The minimum atomic E-state index is -0.939. The molecule has 4 heteroatoms. The van der Waals surface area contributed by atoms with Gasteiger partial charge in [0, 0.05) is 5.56 Å². The molecule has 1 N–H and O–H groups in total. The van der Waals surface area contributed by atoms with Gasteiger partial charge in [0.25, 0.3) is 0 Å². The lowest BCUT2D eigenvalue weighted by Crippen LogP contribution is -2.14. The minimum absolute atomic E-state index is 0.288. The van der Waals surface area contributed by atoms with Crippen LogP contribution in [0.25, 0.3) is 10.6 Å². The van der Waals surface area contributed by atoms with Crippen molar-refractivity contribution in [1.82, 2.24) is 4.98 Å². The van der Waals surface area contributed by atoms with Gasteiger partial charge in [-0.25, -0.2) is 9.37 Å². The van der Waals surface area contributed by atoms with Gasteiger partial charge < -0.3 is 5.11 Å². The summed E-state index contributed by atoms with van der Waals surface area (Å²) in [6.07, 6.45) is 0. The average Bonchev–Trinajstić information content (AvgIpc) is 2.60. The number of aliphatic hydroxyl groups is 1. The first-order chi connectivity index (χ1) is 7.89. The standard InChI is InChI=1S/C13H14FNOS/c1-8-11(13(2,3)16)17-12(15-8)9-6-4-5-7-10(9)14/h4-7,16H,1-3H3. The Labute approximate surface area is 104 Å². The second kappa shape index (κ2) is 4.20. The first-order valence-corrected chi connectivity index (χ1v) is 6.16. The SMILES string of the molecule is Cc1nc(-c2ccccc2F)sc1C(C)(C)O. The van der Waals surface area contributed by atoms with Crippen molar-refractivity contribution in [3.05, 3.63) is 40.7 Å². The number of thiazole rings is 1. The monoisotopic (exact) mass is 251 g/mol. The third kappa shape index (κ3) is 2.37. The first kappa shape index (κ1) is 12.2. The zero-order valence-corrected chi connectivity index (χ0v) is 10.8. The Morgan fingerprint density at radius 1 is 1.29 bits per heavy atom. The maximum atomic E-state index is 13.6. The number of halogens is 1. The molecule has 2 rings (SSSR count). The molecule has 0 radical (unpaired) electrons. The molecule has 2 aromatic rings. The number of benzene rings is 1. The van der Waals surface area contributed by atoms with E-state index in [1.54, 1.807) is 32.0 Å². The van der Waals surface area contributed by atoms with Gasteiger partial charge in [-0.15, -0.1) is 11.3 Å². The van der Waals surface area contributed by atoms with E-state index in [2.05, 4.69) is 4.98 Å². The molecule has 0 spiro atoms. The van der Waals surface area contributed by atoms with Crippen LogP contribution in [0, 0.1) is 12.7 Å². The third-order valence-electron chi connectivity index (χ3n) is 2.46. The summed E-state index contributed by atoms with van der Waals surface area (Å²) in [4.78, 5) is 5.10. The maximum absolute atomic E-state index is 13.6. The fourth-order valence-electron chi connectivity index (χ4n) is 1.71. The number of hydrogen-bond donors (Lipinski definition) is 1. The van der Waals surface area contributed by atoms with Gasteiger partial charge in [-0.05, 0) is 32.9 Å². The fourth-order valence-corrected chi connectivity index (χ4v) is 2.81. The molecule has 0 bridgehead atoms. The Morgan fingerprint density at radius 3 is 2.47 bits per heavy atom. The van der Waals surface area contributed by atoms with Crippen LogP contribution in [0.5, 0.6) is 0 Å². The van der Waals surface area contributed by atoms with E-state index < -0.39 is 5.60 Å². The summed E-state index contributed by atoms with van der Waals surface area (Å²) in [6, 6.07) is 6.53. The Balaban J connectivity index is 2.53. The van der Waals surface area contributed by atoms with E-state index in [4.69, 9.17) is 0 Å². The predicted octanol–water partition coefficient (Wildman–Crippen LogP) is 3.49. The molecular weight excluding hydrogens is 237 g/mol. The number of aromatic nitrogens is 1. The topological polar surface area (TPSA) is 33.1 Å². The van der Waals surface area contributed by atoms with Gasteiger partial charge in [0.15, 0.2) is 0 Å². The van der Waals surface area contributed by atoms with Crippen molar-refractivity contribution in [1.29, 1.82) is 0 Å². The Hall–Kier alpha value is -1.26. The first-order valence-electron chi connectivity index (χ1n) is 5.35. The van der Waals surface area contributed by atoms with E-state index in [1.165, 1.54) is 17.4 Å². The third-order valence-corrected chi connectivity index (χ3v) is 3.96. The Morgan fingerprint density at radius 2 is 1.94 bits per heavy atom. The van der Waals surface area contributed by atoms with Crippen molar-refractivity contribution in [3.8, 4) is 10.6 Å². The lowest BCUT2D eigenvalue weighted by Gasteiger charge is -2.14. The number of nitrogens with zero attached hydrogens (tertiary/aromatic N) is 1. The molecule has 17 heavy (non-hydrogen) atoms. The molecule has 2 nitrogen and oxygen atoms in total. The maximum Gasteiger partial charge on any atom is 0.133 e. The molecule has 1 heterocycles. The molecule has 0 fully saturated rings. The summed E-state index contributed by atoms with van der Waals surface area (Å²) in [6.45, 7) is 5.24. The molecule has 0 saturated heterocycles. The van der Waals surface area contributed by atoms with E-state index in [1.807, 2.05) is 6.92 Å². The quantitative estimate of drug-likeness (QED) is 0.886. The normalized spacial score (nSPS) is 11.8. The Bertz CT molecular complexity index is 543. The molecule has 1 aromatic heterocycles. The second-order valence-electron chi connectivity index (χ2n) is 4.47. The van der Waals surface area contributed by atoms with Gasteiger partial charge in [-0.3, -0.25) is 0 Å². The lowest BCUT2D eigenvalue weighted by molar-refractivity contribution is 0.0817. The lowest BCUT2D eigenvalue weighted by atomic mass is 10.1. The smallest absolute Gasteiger partial charge is 0.133 e. The van der Waals surface area contributed by atoms with Crippen molar-refractivity contribution in [2.45, 2.75) is 26.4 Å². The van der Waals surface area contributed by atoms with Crippen LogP contribution >= 0.6 is 11.3 Å². The van der Waals surface area contributed by atoms with Crippen LogP contribution in [0.15, 0.2) is 24.3 Å². The van der Waals surface area contributed by atoms with Crippen LogP contribution in [0.2, 0.25) is 0 Å². The number of aryl methyl sites for hydroxylation is 1. The molecule has 0 aliphatic carbocycles. The molecule has 90 valence electrons. The van der Waals surface area contributed by atoms with Crippen molar-refractivity contribution in [3.63, 3.8) is 0 Å². The predicted molar refractivity (Wildman–Crippen MR) is 67.5 cm³/mol. The molecule has 0 unspecified atom stereocenters. The average molecular weight is 251 g/mol. The van der Waals surface area contributed by atoms with E-state index in [-0.39, 0.29) is 5.82 Å². The second-order valence-corrected chi connectivity index (χ2v) is 5.47. The van der Waals surface area contributed by atoms with Crippen LogP contribution in [0.1, 0.15) is 24.4 Å². The summed E-state index contributed by atoms with van der Waals surface area (Å²) >= 11 is 1.33. The molecular formula is C13H14FNOS. The van der Waals surface area contributed by atoms with Crippen LogP contribution in [-0.4, -0.2) is 10.1 Å². The van der Waals surface area contributed by atoms with Gasteiger partial charge in [0.05, 0.1) is 16.2 Å². The summed E-state index contributed by atoms with van der Waals surface area (Å²) in [5, 5.41) is 10.6. The molecule has 1 aromatic carbocycles. The minimum Gasteiger partial charge on any atom is -0.385 e. The van der Waals surface area contributed by atoms with Crippen molar-refractivity contribution >= 4 is 11.3 Å². The highest BCUT2D eigenvalue weighted by atomic mass is 32.1. The zero-order valence-electron chi connectivity index (χ0n) is 9.99. The van der Waals surface area contributed by atoms with Gasteiger partial charge in [-0.1, -0.05) is 12.1 Å². The molecule has 0 aliphatic rings. The summed E-state index contributed by atoms with van der Waals surface area (Å²) < 4.78 is 13.6. The zero-order chi connectivity index (χ0) is 12.6. The highest BCUT2D eigenvalue weighted by Crippen LogP contribution is 2.35. The summed E-state index contributed by atoms with van der Waals surface area (Å²) in [7, 11) is 0. The van der Waals surface area contributed by atoms with E-state index in [0.717, 1.165) is 10.6 Å². The molecule has 0 aliphatic heterocycles. The largest absolute Gasteiger partial charge is 0.385 e. The van der Waals surface area contributed by atoms with Crippen molar-refractivity contribution in [2.75, 3.05) is 0 Å². The van der Waals surface area contributed by atoms with Crippen LogP contribution < -0.4 is 0 Å². The highest BCUT2D eigenvalue weighted by molar-refractivity contribution is 7.15. The van der Waals surface area contributed by atoms with Gasteiger partial charge >= 0.3 is 0 Å². The van der Waals surface area contributed by atoms with Crippen LogP contribution in [-0.2, 0) is 5.60 Å². The van der Waals surface area contributed by atoms with Gasteiger partial charge in [0.1, 0.15) is 10.8 Å². The van der Waals surface area contributed by atoms with Crippen LogP contribution in [0.4, 0.5) is 4.39 Å². The molecule has 0 amide bonds. The van der Waals surface area contributed by atoms with Crippen molar-refractivity contribution < 1.29 is 9.50 Å². The summed E-state index contributed by atoms with van der Waals surface area (Å²) in [5.74, 6) is -0.288. The van der Waals surface area contributed by atoms with Crippen molar-refractivity contribution in [2.24, 2.45) is 0 Å². The van der Waals surface area contributed by atoms with Gasteiger partial charge in [0.2, 0.25) is 0 Å². The number of hydrogen-bond acceptors (Lipinski definition) is 3.